The van der Waals surface area contributed by atoms with Crippen LogP contribution in [0.1, 0.15) is 17.3 Å². The number of halogens is 1. The Bertz CT molecular complexity index is 899. The quantitative estimate of drug-likeness (QED) is 0.754. The van der Waals surface area contributed by atoms with E-state index < -0.39 is 6.67 Å². The van der Waals surface area contributed by atoms with Gasteiger partial charge in [0.05, 0.1) is 13.1 Å². The highest BCUT2D eigenvalue weighted by atomic mass is 19.1. The van der Waals surface area contributed by atoms with E-state index in [1.807, 2.05) is 42.5 Å². The van der Waals surface area contributed by atoms with Crippen molar-refractivity contribution in [3.63, 3.8) is 0 Å². The minimum absolute atomic E-state index is 0.00931. The van der Waals surface area contributed by atoms with Gasteiger partial charge < -0.3 is 4.90 Å². The van der Waals surface area contributed by atoms with Gasteiger partial charge in [-0.15, -0.1) is 0 Å². The van der Waals surface area contributed by atoms with Gasteiger partial charge in [0, 0.05) is 42.9 Å². The third kappa shape index (κ3) is 3.72. The van der Waals surface area contributed by atoms with Gasteiger partial charge in [-0.1, -0.05) is 30.3 Å². The van der Waals surface area contributed by atoms with Gasteiger partial charge in [-0.2, -0.15) is 5.10 Å². The number of aromatic amines is 1. The Morgan fingerprint density at radius 3 is 2.67 bits per heavy atom. The van der Waals surface area contributed by atoms with Crippen molar-refractivity contribution in [2.75, 3.05) is 19.8 Å². The first kappa shape index (κ1) is 17.3. The van der Waals surface area contributed by atoms with Gasteiger partial charge in [0.25, 0.3) is 0 Å². The van der Waals surface area contributed by atoms with Gasteiger partial charge in [0.15, 0.2) is 5.82 Å². The molecule has 1 aliphatic heterocycles. The number of aromatic nitrogens is 4. The third-order valence-corrected chi connectivity index (χ3v) is 4.98. The first-order valence-corrected chi connectivity index (χ1v) is 8.95. The Morgan fingerprint density at radius 1 is 1.15 bits per heavy atom. The zero-order chi connectivity index (χ0) is 18.6. The molecule has 1 fully saturated rings. The van der Waals surface area contributed by atoms with Crippen LogP contribution in [0.25, 0.3) is 11.4 Å². The Balaban J connectivity index is 1.49. The maximum atomic E-state index is 13.6. The van der Waals surface area contributed by atoms with Crippen molar-refractivity contribution in [3.8, 4) is 11.4 Å². The Kier molecular flexibility index (Phi) is 4.91. The van der Waals surface area contributed by atoms with Gasteiger partial charge in [-0.25, -0.2) is 4.98 Å². The smallest absolute Gasteiger partial charge is 0.227 e. The Labute approximate surface area is 156 Å². The number of likely N-dealkylation sites (tertiary alicyclic amines) is 1. The lowest BCUT2D eigenvalue weighted by Crippen LogP contribution is -2.30. The zero-order valence-electron chi connectivity index (χ0n) is 14.8. The average molecular weight is 365 g/mol. The summed E-state index contributed by atoms with van der Waals surface area (Å²) in [7, 11) is 0. The normalized spacial score (nSPS) is 19.4. The molecule has 2 atom stereocenters. The predicted octanol–water partition coefficient (Wildman–Crippen LogP) is 2.62. The van der Waals surface area contributed by atoms with Crippen molar-refractivity contribution in [2.45, 2.75) is 12.3 Å². The standard InChI is InChI=1S/C20H20FN5O/c21-11-16-12-26(18(27)10-14-6-8-22-9-7-14)13-17(16)20-23-19(24-25-20)15-4-2-1-3-5-15/h1-9,16-17H,10-13H2,(H,23,24,25). The molecule has 1 saturated heterocycles. The fraction of sp³-hybridized carbons (Fsp3) is 0.300. The minimum atomic E-state index is -0.495. The van der Waals surface area contributed by atoms with Gasteiger partial charge in [0.1, 0.15) is 5.82 Å². The number of hydrogen-bond acceptors (Lipinski definition) is 4. The van der Waals surface area contributed by atoms with Crippen LogP contribution in [0.15, 0.2) is 54.9 Å². The SMILES string of the molecule is O=C(Cc1ccncc1)N1CC(CF)C(c2nc(-c3ccccc3)n[nH]2)C1. The highest BCUT2D eigenvalue weighted by Gasteiger charge is 2.38. The molecule has 0 spiro atoms. The van der Waals surface area contributed by atoms with E-state index in [1.54, 1.807) is 17.3 Å². The Hall–Kier alpha value is -3.09. The second-order valence-electron chi connectivity index (χ2n) is 6.76. The van der Waals surface area contributed by atoms with Gasteiger partial charge in [0.2, 0.25) is 5.91 Å². The molecule has 3 heterocycles. The number of amides is 1. The fourth-order valence-electron chi connectivity index (χ4n) is 3.48. The third-order valence-electron chi connectivity index (χ3n) is 4.98. The van der Waals surface area contributed by atoms with Crippen molar-refractivity contribution < 1.29 is 9.18 Å². The molecule has 138 valence electrons. The van der Waals surface area contributed by atoms with Crippen LogP contribution in [0, 0.1) is 5.92 Å². The van der Waals surface area contributed by atoms with E-state index in [0.717, 1.165) is 11.1 Å². The van der Waals surface area contributed by atoms with Crippen LogP contribution in [0.2, 0.25) is 0 Å². The number of benzene rings is 1. The van der Waals surface area contributed by atoms with Crippen LogP contribution >= 0.6 is 0 Å². The largest absolute Gasteiger partial charge is 0.341 e. The van der Waals surface area contributed by atoms with Crippen molar-refractivity contribution in [1.82, 2.24) is 25.1 Å². The van der Waals surface area contributed by atoms with Gasteiger partial charge >= 0.3 is 0 Å². The summed E-state index contributed by atoms with van der Waals surface area (Å²) < 4.78 is 13.6. The zero-order valence-corrected chi connectivity index (χ0v) is 14.8. The van der Waals surface area contributed by atoms with Gasteiger partial charge in [-0.05, 0) is 17.7 Å². The van der Waals surface area contributed by atoms with Crippen LogP contribution in [0.4, 0.5) is 4.39 Å². The number of carbonyl (C=O) groups excluding carboxylic acids is 1. The molecule has 2 unspecified atom stereocenters. The number of H-pyrrole nitrogens is 1. The number of rotatable bonds is 5. The summed E-state index contributed by atoms with van der Waals surface area (Å²) in [5, 5.41) is 7.21. The predicted molar refractivity (Wildman–Crippen MR) is 98.5 cm³/mol. The average Bonchev–Trinajstić information content (AvgIpc) is 3.36. The summed E-state index contributed by atoms with van der Waals surface area (Å²) in [4.78, 5) is 22.9. The molecule has 0 saturated carbocycles. The molecular formula is C20H20FN5O. The lowest BCUT2D eigenvalue weighted by Gasteiger charge is -2.16. The number of alkyl halides is 1. The number of hydrogen-bond donors (Lipinski definition) is 1. The topological polar surface area (TPSA) is 74.8 Å². The van der Waals surface area contributed by atoms with Crippen LogP contribution in [0.5, 0.6) is 0 Å². The fourth-order valence-corrected chi connectivity index (χ4v) is 3.48. The highest BCUT2D eigenvalue weighted by Crippen LogP contribution is 2.32. The van der Waals surface area contributed by atoms with E-state index in [-0.39, 0.29) is 17.7 Å². The monoisotopic (exact) mass is 365 g/mol. The molecule has 1 aliphatic rings. The molecule has 4 rings (SSSR count). The molecule has 2 aromatic heterocycles. The summed E-state index contributed by atoms with van der Waals surface area (Å²) in [5.41, 5.74) is 1.81. The Morgan fingerprint density at radius 2 is 1.93 bits per heavy atom. The van der Waals surface area contributed by atoms with Crippen LogP contribution in [-0.4, -0.2) is 50.7 Å². The van der Waals surface area contributed by atoms with E-state index in [4.69, 9.17) is 0 Å². The number of nitrogens with zero attached hydrogens (tertiary/aromatic N) is 4. The molecule has 7 heteroatoms. The summed E-state index contributed by atoms with van der Waals surface area (Å²) in [5.74, 6) is 0.759. The number of carbonyl (C=O) groups is 1. The number of pyridine rings is 1. The maximum Gasteiger partial charge on any atom is 0.227 e. The molecule has 27 heavy (non-hydrogen) atoms. The van der Waals surface area contributed by atoms with E-state index in [9.17, 15) is 9.18 Å². The van der Waals surface area contributed by atoms with Crippen LogP contribution < -0.4 is 0 Å². The molecule has 0 radical (unpaired) electrons. The van der Waals surface area contributed by atoms with Crippen molar-refractivity contribution >= 4 is 5.91 Å². The highest BCUT2D eigenvalue weighted by molar-refractivity contribution is 5.79. The molecule has 1 N–H and O–H groups in total. The van der Waals surface area contributed by atoms with Crippen LogP contribution in [-0.2, 0) is 11.2 Å². The summed E-state index contributed by atoms with van der Waals surface area (Å²) >= 11 is 0. The summed E-state index contributed by atoms with van der Waals surface area (Å²) in [6.45, 7) is 0.347. The van der Waals surface area contributed by atoms with E-state index >= 15 is 0 Å². The van der Waals surface area contributed by atoms with Crippen molar-refractivity contribution in [3.05, 3.63) is 66.2 Å². The van der Waals surface area contributed by atoms with Crippen molar-refractivity contribution in [2.24, 2.45) is 5.92 Å². The molecule has 6 nitrogen and oxygen atoms in total. The molecule has 3 aromatic rings. The molecular weight excluding hydrogens is 345 g/mol. The summed E-state index contributed by atoms with van der Waals surface area (Å²) in [6, 6.07) is 13.3. The molecule has 0 aliphatic carbocycles. The van der Waals surface area contributed by atoms with Gasteiger partial charge in [-0.3, -0.25) is 19.3 Å². The van der Waals surface area contributed by atoms with E-state index in [1.165, 1.54) is 0 Å². The first-order chi connectivity index (χ1) is 13.2. The van der Waals surface area contributed by atoms with E-state index in [2.05, 4.69) is 20.2 Å². The maximum absolute atomic E-state index is 13.6. The van der Waals surface area contributed by atoms with Crippen LogP contribution in [0.3, 0.4) is 0 Å². The lowest BCUT2D eigenvalue weighted by atomic mass is 9.97. The van der Waals surface area contributed by atoms with Crippen molar-refractivity contribution in [1.29, 1.82) is 0 Å². The second-order valence-corrected chi connectivity index (χ2v) is 6.76. The molecule has 1 aromatic carbocycles. The number of nitrogens with one attached hydrogen (secondary N) is 1. The minimum Gasteiger partial charge on any atom is -0.341 e. The second kappa shape index (κ2) is 7.65. The first-order valence-electron chi connectivity index (χ1n) is 8.95. The molecule has 1 amide bonds. The summed E-state index contributed by atoms with van der Waals surface area (Å²) in [6.07, 6.45) is 3.62. The van der Waals surface area contributed by atoms with E-state index in [0.29, 0.717) is 31.2 Å². The molecule has 0 bridgehead atoms. The lowest BCUT2D eigenvalue weighted by molar-refractivity contribution is -0.129.